The smallest absolute Gasteiger partial charge is 0.123 e. The molecular weight excluding hydrogens is 269 g/mol. The molecule has 88 valence electrons. The van der Waals surface area contributed by atoms with Gasteiger partial charge in [-0.05, 0) is 43.0 Å². The summed E-state index contributed by atoms with van der Waals surface area (Å²) in [5, 5.41) is 0.715. The van der Waals surface area contributed by atoms with E-state index in [0.717, 1.165) is 12.1 Å². The summed E-state index contributed by atoms with van der Waals surface area (Å²) in [6, 6.07) is 5.74. The second kappa shape index (κ2) is 5.17. The first-order valence-corrected chi connectivity index (χ1v) is 6.99. The van der Waals surface area contributed by atoms with Crippen molar-refractivity contribution in [2.75, 3.05) is 11.4 Å². The van der Waals surface area contributed by atoms with E-state index in [9.17, 15) is 4.39 Å². The van der Waals surface area contributed by atoms with Crippen molar-refractivity contribution in [1.82, 2.24) is 0 Å². The molecule has 0 N–H and O–H groups in total. The number of nitrogens with zero attached hydrogens (tertiary/aromatic N) is 1. The van der Waals surface area contributed by atoms with Crippen LogP contribution in [0.15, 0.2) is 18.2 Å². The Morgan fingerprint density at radius 2 is 2.31 bits per heavy atom. The fourth-order valence-electron chi connectivity index (χ4n) is 2.52. The van der Waals surface area contributed by atoms with Crippen LogP contribution in [0.4, 0.5) is 10.1 Å². The van der Waals surface area contributed by atoms with Crippen molar-refractivity contribution in [1.29, 1.82) is 0 Å². The van der Waals surface area contributed by atoms with Gasteiger partial charge in [-0.2, -0.15) is 0 Å². The summed E-state index contributed by atoms with van der Waals surface area (Å²) >= 11 is 3.44. The highest BCUT2D eigenvalue weighted by atomic mass is 79.9. The molecule has 0 aliphatic carbocycles. The Hall–Kier alpha value is -0.570. The van der Waals surface area contributed by atoms with Crippen molar-refractivity contribution in [3.63, 3.8) is 0 Å². The Kier molecular flexibility index (Phi) is 3.85. The number of alkyl halides is 1. The molecule has 1 heterocycles. The van der Waals surface area contributed by atoms with Gasteiger partial charge in [-0.3, -0.25) is 0 Å². The quantitative estimate of drug-likeness (QED) is 0.756. The highest BCUT2D eigenvalue weighted by molar-refractivity contribution is 9.08. The van der Waals surface area contributed by atoms with E-state index in [-0.39, 0.29) is 5.82 Å². The molecule has 0 amide bonds. The summed E-state index contributed by atoms with van der Waals surface area (Å²) in [6.45, 7) is 3.32. The van der Waals surface area contributed by atoms with Gasteiger partial charge in [-0.15, -0.1) is 0 Å². The maximum absolute atomic E-state index is 13.2. The summed E-state index contributed by atoms with van der Waals surface area (Å²) in [5.41, 5.74) is 2.25. The molecule has 1 unspecified atom stereocenters. The van der Waals surface area contributed by atoms with Crippen LogP contribution in [0.5, 0.6) is 0 Å². The van der Waals surface area contributed by atoms with Crippen LogP contribution in [0.3, 0.4) is 0 Å². The molecule has 1 saturated heterocycles. The number of benzene rings is 1. The molecular formula is C13H17BrFN. The van der Waals surface area contributed by atoms with Crippen molar-refractivity contribution in [2.45, 2.75) is 37.6 Å². The fourth-order valence-corrected chi connectivity index (χ4v) is 2.97. The molecule has 1 nitrogen and oxygen atoms in total. The van der Waals surface area contributed by atoms with E-state index in [4.69, 9.17) is 0 Å². The first kappa shape index (κ1) is 11.9. The van der Waals surface area contributed by atoms with E-state index in [0.29, 0.717) is 11.4 Å². The molecule has 0 radical (unpaired) electrons. The normalized spacial score (nSPS) is 20.4. The fraction of sp³-hybridized carbons (Fsp3) is 0.538. The standard InChI is InChI=1S/C13H17BrFN/c1-2-12-4-3-7-16(12)13-6-5-11(15)8-10(13)9-14/h5-6,8,12H,2-4,7,9H2,1H3. The van der Waals surface area contributed by atoms with Crippen LogP contribution in [-0.2, 0) is 5.33 Å². The van der Waals surface area contributed by atoms with Crippen molar-refractivity contribution >= 4 is 21.6 Å². The topological polar surface area (TPSA) is 3.24 Å². The summed E-state index contributed by atoms with van der Waals surface area (Å²) in [5.74, 6) is -0.148. The van der Waals surface area contributed by atoms with Crippen LogP contribution in [0.25, 0.3) is 0 Å². The van der Waals surface area contributed by atoms with Gasteiger partial charge in [0, 0.05) is 23.6 Å². The Bertz CT molecular complexity index is 367. The van der Waals surface area contributed by atoms with Crippen LogP contribution in [-0.4, -0.2) is 12.6 Å². The highest BCUT2D eigenvalue weighted by Gasteiger charge is 2.24. The van der Waals surface area contributed by atoms with E-state index < -0.39 is 0 Å². The molecule has 0 aromatic heterocycles. The van der Waals surface area contributed by atoms with Crippen molar-refractivity contribution in [3.8, 4) is 0 Å². The van der Waals surface area contributed by atoms with Gasteiger partial charge in [0.2, 0.25) is 0 Å². The Labute approximate surface area is 105 Å². The minimum atomic E-state index is -0.148. The minimum Gasteiger partial charge on any atom is -0.368 e. The molecule has 0 saturated carbocycles. The number of rotatable bonds is 3. The highest BCUT2D eigenvalue weighted by Crippen LogP contribution is 2.31. The molecule has 1 aromatic carbocycles. The maximum Gasteiger partial charge on any atom is 0.123 e. The maximum atomic E-state index is 13.2. The Morgan fingerprint density at radius 1 is 1.50 bits per heavy atom. The minimum absolute atomic E-state index is 0.148. The van der Waals surface area contributed by atoms with E-state index in [2.05, 4.69) is 27.8 Å². The molecule has 3 heteroatoms. The monoisotopic (exact) mass is 285 g/mol. The predicted octanol–water partition coefficient (Wildman–Crippen LogP) is 4.10. The predicted molar refractivity (Wildman–Crippen MR) is 69.7 cm³/mol. The number of anilines is 1. The zero-order valence-electron chi connectivity index (χ0n) is 9.55. The molecule has 0 bridgehead atoms. The van der Waals surface area contributed by atoms with Crippen LogP contribution >= 0.6 is 15.9 Å². The molecule has 1 aromatic rings. The van der Waals surface area contributed by atoms with Gasteiger partial charge in [0.1, 0.15) is 5.82 Å². The van der Waals surface area contributed by atoms with Gasteiger partial charge in [-0.1, -0.05) is 22.9 Å². The van der Waals surface area contributed by atoms with E-state index in [1.54, 1.807) is 12.1 Å². The third kappa shape index (κ3) is 2.24. The third-order valence-corrected chi connectivity index (χ3v) is 3.95. The molecule has 1 aliphatic rings. The zero-order valence-corrected chi connectivity index (χ0v) is 11.1. The summed E-state index contributed by atoms with van der Waals surface area (Å²) in [4.78, 5) is 2.43. The van der Waals surface area contributed by atoms with Crippen molar-refractivity contribution in [3.05, 3.63) is 29.6 Å². The van der Waals surface area contributed by atoms with Gasteiger partial charge in [0.15, 0.2) is 0 Å². The lowest BCUT2D eigenvalue weighted by Gasteiger charge is -2.27. The van der Waals surface area contributed by atoms with Crippen molar-refractivity contribution < 1.29 is 4.39 Å². The molecule has 1 fully saturated rings. The SMILES string of the molecule is CCC1CCCN1c1ccc(F)cc1CBr. The zero-order chi connectivity index (χ0) is 11.5. The van der Waals surface area contributed by atoms with E-state index >= 15 is 0 Å². The molecule has 0 spiro atoms. The van der Waals surface area contributed by atoms with Gasteiger partial charge in [-0.25, -0.2) is 4.39 Å². The third-order valence-electron chi connectivity index (χ3n) is 3.34. The molecule has 2 rings (SSSR count). The average molecular weight is 286 g/mol. The number of hydrogen-bond acceptors (Lipinski definition) is 1. The summed E-state index contributed by atoms with van der Waals surface area (Å²) in [6.07, 6.45) is 3.67. The van der Waals surface area contributed by atoms with Gasteiger partial charge < -0.3 is 4.90 Å². The Balaban J connectivity index is 2.31. The lowest BCUT2D eigenvalue weighted by Crippen LogP contribution is -2.29. The van der Waals surface area contributed by atoms with Crippen LogP contribution in [0, 0.1) is 5.82 Å². The van der Waals surface area contributed by atoms with Crippen LogP contribution in [0.1, 0.15) is 31.7 Å². The van der Waals surface area contributed by atoms with E-state index in [1.165, 1.54) is 24.9 Å². The van der Waals surface area contributed by atoms with Crippen LogP contribution in [0.2, 0.25) is 0 Å². The molecule has 1 aliphatic heterocycles. The second-order valence-corrected chi connectivity index (χ2v) is 4.87. The second-order valence-electron chi connectivity index (χ2n) is 4.30. The van der Waals surface area contributed by atoms with Crippen molar-refractivity contribution in [2.24, 2.45) is 0 Å². The summed E-state index contributed by atoms with van der Waals surface area (Å²) in [7, 11) is 0. The first-order chi connectivity index (χ1) is 7.76. The van der Waals surface area contributed by atoms with Crippen LogP contribution < -0.4 is 4.90 Å². The van der Waals surface area contributed by atoms with Gasteiger partial charge in [0.25, 0.3) is 0 Å². The van der Waals surface area contributed by atoms with Gasteiger partial charge in [0.05, 0.1) is 0 Å². The molecule has 16 heavy (non-hydrogen) atoms. The summed E-state index contributed by atoms with van der Waals surface area (Å²) < 4.78 is 13.2. The average Bonchev–Trinajstić information content (AvgIpc) is 2.76. The number of hydrogen-bond donors (Lipinski definition) is 0. The van der Waals surface area contributed by atoms with Gasteiger partial charge >= 0.3 is 0 Å². The number of halogens is 2. The lowest BCUT2D eigenvalue weighted by atomic mass is 10.1. The Morgan fingerprint density at radius 3 is 3.00 bits per heavy atom. The first-order valence-electron chi connectivity index (χ1n) is 5.87. The largest absolute Gasteiger partial charge is 0.368 e. The molecule has 1 atom stereocenters. The van der Waals surface area contributed by atoms with E-state index in [1.807, 2.05) is 6.07 Å². The lowest BCUT2D eigenvalue weighted by molar-refractivity contribution is 0.622.